The van der Waals surface area contributed by atoms with Crippen LogP contribution in [0.1, 0.15) is 70.4 Å². The largest absolute Gasteiger partial charge is 0.364 e. The van der Waals surface area contributed by atoms with Crippen LogP contribution in [-0.2, 0) is 11.2 Å². The summed E-state index contributed by atoms with van der Waals surface area (Å²) in [6.45, 7) is 6.90. The first kappa shape index (κ1) is 26.3. The number of unbranched alkanes of at least 4 members (excludes halogenated alkanes) is 1. The van der Waals surface area contributed by atoms with E-state index in [9.17, 15) is 4.79 Å². The van der Waals surface area contributed by atoms with Crippen molar-refractivity contribution in [2.45, 2.75) is 71.4 Å². The third kappa shape index (κ3) is 6.86. The molecule has 2 aromatic carbocycles. The monoisotopic (exact) mass is 499 g/mol. The molecule has 1 atom stereocenters. The minimum atomic E-state index is -0.434. The van der Waals surface area contributed by atoms with Crippen LogP contribution in [0.5, 0.6) is 0 Å². The molecule has 4 nitrogen and oxygen atoms in total. The molecule has 182 valence electrons. The summed E-state index contributed by atoms with van der Waals surface area (Å²) in [4.78, 5) is 18.6. The van der Waals surface area contributed by atoms with Crippen molar-refractivity contribution in [3.63, 3.8) is 0 Å². The Kier molecular flexibility index (Phi) is 9.61. The van der Waals surface area contributed by atoms with E-state index in [0.29, 0.717) is 27.9 Å². The number of halogens is 2. The molecule has 0 radical (unpaired) electrons. The van der Waals surface area contributed by atoms with E-state index in [2.05, 4.69) is 36.6 Å². The fourth-order valence-corrected chi connectivity index (χ4v) is 5.06. The van der Waals surface area contributed by atoms with E-state index in [4.69, 9.17) is 28.2 Å². The Morgan fingerprint density at radius 1 is 1.00 bits per heavy atom. The highest BCUT2D eigenvalue weighted by molar-refractivity contribution is 6.36. The molecule has 1 amide bonds. The van der Waals surface area contributed by atoms with Gasteiger partial charge < -0.3 is 10.6 Å². The number of benzene rings is 2. The molecule has 0 spiro atoms. The first-order valence-corrected chi connectivity index (χ1v) is 13.0. The second kappa shape index (κ2) is 12.4. The van der Waals surface area contributed by atoms with Gasteiger partial charge in [0.25, 0.3) is 5.91 Å². The summed E-state index contributed by atoms with van der Waals surface area (Å²) in [5.41, 5.74) is 3.65. The molecule has 0 aromatic heterocycles. The lowest BCUT2D eigenvalue weighted by atomic mass is 9.90. The number of aliphatic imine (C=N–C) groups is 1. The lowest BCUT2D eigenvalue weighted by Gasteiger charge is -2.38. The molecule has 0 aliphatic carbocycles. The van der Waals surface area contributed by atoms with Crippen molar-refractivity contribution in [1.29, 1.82) is 0 Å². The molecule has 0 saturated carbocycles. The van der Waals surface area contributed by atoms with Crippen molar-refractivity contribution in [3.05, 3.63) is 81.0 Å². The third-order valence-electron chi connectivity index (χ3n) is 6.10. The molecule has 3 rings (SSSR count). The normalized spacial score (nSPS) is 17.9. The van der Waals surface area contributed by atoms with Crippen molar-refractivity contribution in [2.75, 3.05) is 6.54 Å². The van der Waals surface area contributed by atoms with Gasteiger partial charge in [0.2, 0.25) is 0 Å². The molecule has 0 bridgehead atoms. The van der Waals surface area contributed by atoms with Crippen LogP contribution in [0.4, 0.5) is 0 Å². The summed E-state index contributed by atoms with van der Waals surface area (Å²) in [6.07, 6.45) is 6.68. The maximum absolute atomic E-state index is 13.4. The number of nitrogens with one attached hydrogen (secondary N) is 2. The van der Waals surface area contributed by atoms with Crippen LogP contribution in [0, 0.1) is 0 Å². The molecule has 1 unspecified atom stereocenters. The first-order valence-electron chi connectivity index (χ1n) is 12.3. The van der Waals surface area contributed by atoms with Gasteiger partial charge in [0.15, 0.2) is 0 Å². The first-order chi connectivity index (χ1) is 16.4. The minimum absolute atomic E-state index is 0.131. The van der Waals surface area contributed by atoms with E-state index in [0.717, 1.165) is 56.2 Å². The smallest absolute Gasteiger partial charge is 0.255 e. The second-order valence-electron chi connectivity index (χ2n) is 8.97. The van der Waals surface area contributed by atoms with Gasteiger partial charge in [-0.2, -0.15) is 0 Å². The average molecular weight is 501 g/mol. The van der Waals surface area contributed by atoms with E-state index in [1.807, 2.05) is 37.3 Å². The molecule has 34 heavy (non-hydrogen) atoms. The zero-order valence-electron chi connectivity index (χ0n) is 20.4. The number of hydrogen-bond donors (Lipinski definition) is 2. The molecule has 0 fully saturated rings. The average Bonchev–Trinajstić information content (AvgIpc) is 2.80. The molecule has 2 N–H and O–H groups in total. The highest BCUT2D eigenvalue weighted by Crippen LogP contribution is 2.32. The van der Waals surface area contributed by atoms with Crippen LogP contribution in [0.2, 0.25) is 10.0 Å². The summed E-state index contributed by atoms with van der Waals surface area (Å²) < 4.78 is 0. The quantitative estimate of drug-likeness (QED) is 0.324. The van der Waals surface area contributed by atoms with Gasteiger partial charge in [-0.25, -0.2) is 0 Å². The Morgan fingerprint density at radius 3 is 2.35 bits per heavy atom. The number of carbonyl (C=O) groups excluding carboxylic acids is 1. The topological polar surface area (TPSA) is 53.5 Å². The maximum Gasteiger partial charge on any atom is 0.255 e. The van der Waals surface area contributed by atoms with Crippen molar-refractivity contribution in [2.24, 2.45) is 4.99 Å². The highest BCUT2D eigenvalue weighted by Gasteiger charge is 2.36. The Balaban J connectivity index is 1.88. The Labute approximate surface area is 213 Å². The molecule has 2 aromatic rings. The van der Waals surface area contributed by atoms with E-state index < -0.39 is 5.66 Å². The lowest BCUT2D eigenvalue weighted by Crippen LogP contribution is -2.49. The van der Waals surface area contributed by atoms with Gasteiger partial charge in [0.1, 0.15) is 5.66 Å². The van der Waals surface area contributed by atoms with Crippen molar-refractivity contribution >= 4 is 34.8 Å². The number of rotatable bonds is 11. The molecule has 1 aliphatic heterocycles. The summed E-state index contributed by atoms with van der Waals surface area (Å²) in [5, 5.41) is 7.76. The van der Waals surface area contributed by atoms with Crippen molar-refractivity contribution in [1.82, 2.24) is 10.6 Å². The fraction of sp³-hybridized carbons (Fsp3) is 0.429. The van der Waals surface area contributed by atoms with Crippen LogP contribution in [0.3, 0.4) is 0 Å². The number of amides is 1. The SMILES string of the molecule is CCCCC1(CCC)N=C(c2cc(Cl)cc(Cl)c2)C(C(=O)NCCCc2ccccc2)=C(C)N1. The van der Waals surface area contributed by atoms with E-state index in [1.54, 1.807) is 6.07 Å². The van der Waals surface area contributed by atoms with E-state index in [1.165, 1.54) is 5.56 Å². The Morgan fingerprint density at radius 2 is 1.71 bits per heavy atom. The lowest BCUT2D eigenvalue weighted by molar-refractivity contribution is -0.117. The Hall–Kier alpha value is -2.30. The molecule has 1 heterocycles. The van der Waals surface area contributed by atoms with Gasteiger partial charge in [-0.05, 0) is 62.8 Å². The molecule has 0 saturated heterocycles. The second-order valence-corrected chi connectivity index (χ2v) is 9.85. The molecule has 6 heteroatoms. The third-order valence-corrected chi connectivity index (χ3v) is 6.54. The number of allylic oxidation sites excluding steroid dienone is 1. The van der Waals surface area contributed by atoms with Gasteiger partial charge in [-0.1, -0.05) is 80.2 Å². The van der Waals surface area contributed by atoms with Gasteiger partial charge >= 0.3 is 0 Å². The van der Waals surface area contributed by atoms with Gasteiger partial charge in [0, 0.05) is 27.9 Å². The summed E-state index contributed by atoms with van der Waals surface area (Å²) >= 11 is 12.7. The van der Waals surface area contributed by atoms with Crippen LogP contribution in [0.25, 0.3) is 0 Å². The van der Waals surface area contributed by atoms with E-state index >= 15 is 0 Å². The number of aryl methyl sites for hydroxylation is 1. The number of carbonyl (C=O) groups is 1. The van der Waals surface area contributed by atoms with Crippen LogP contribution >= 0.6 is 23.2 Å². The van der Waals surface area contributed by atoms with Gasteiger partial charge in [-0.15, -0.1) is 0 Å². The van der Waals surface area contributed by atoms with Crippen LogP contribution in [0.15, 0.2) is 64.8 Å². The van der Waals surface area contributed by atoms with Crippen molar-refractivity contribution < 1.29 is 4.79 Å². The zero-order valence-corrected chi connectivity index (χ0v) is 21.9. The van der Waals surface area contributed by atoms with Crippen LogP contribution < -0.4 is 10.6 Å². The van der Waals surface area contributed by atoms with Crippen LogP contribution in [-0.4, -0.2) is 23.8 Å². The molecule has 1 aliphatic rings. The van der Waals surface area contributed by atoms with Crippen molar-refractivity contribution in [3.8, 4) is 0 Å². The summed E-state index contributed by atoms with van der Waals surface area (Å²) in [6, 6.07) is 15.7. The predicted octanol–water partition coefficient (Wildman–Crippen LogP) is 7.10. The van der Waals surface area contributed by atoms with Gasteiger partial charge in [0.05, 0.1) is 11.3 Å². The van der Waals surface area contributed by atoms with E-state index in [-0.39, 0.29) is 5.91 Å². The number of hydrogen-bond acceptors (Lipinski definition) is 3. The maximum atomic E-state index is 13.4. The van der Waals surface area contributed by atoms with Gasteiger partial charge in [-0.3, -0.25) is 9.79 Å². The summed E-state index contributed by atoms with van der Waals surface area (Å²) in [7, 11) is 0. The molecular formula is C28H35Cl2N3O. The predicted molar refractivity (Wildman–Crippen MR) is 144 cm³/mol. The Bertz CT molecular complexity index is 1030. The standard InChI is InChI=1S/C28H35Cl2N3O/c1-4-6-15-28(14-5-2)32-20(3)25(26(33-28)22-17-23(29)19-24(30)18-22)27(34)31-16-10-13-21-11-8-7-9-12-21/h7-9,11-12,17-19,32H,4-6,10,13-16H2,1-3H3,(H,31,34). The fourth-order valence-electron chi connectivity index (χ4n) is 4.54. The number of nitrogens with zero attached hydrogens (tertiary/aromatic N) is 1. The zero-order chi connectivity index (χ0) is 24.6. The molecular weight excluding hydrogens is 465 g/mol. The summed E-state index contributed by atoms with van der Waals surface area (Å²) in [5.74, 6) is -0.131. The highest BCUT2D eigenvalue weighted by atomic mass is 35.5. The minimum Gasteiger partial charge on any atom is -0.364 e.